The molecule has 0 bridgehead atoms. The van der Waals surface area contributed by atoms with E-state index >= 15 is 0 Å². The van der Waals surface area contributed by atoms with Gasteiger partial charge in [-0.3, -0.25) is 4.90 Å². The maximum Gasteiger partial charge on any atom is 0.135 e. The lowest BCUT2D eigenvalue weighted by atomic mass is 9.96. The summed E-state index contributed by atoms with van der Waals surface area (Å²) in [7, 11) is 0. The number of hydrogen-bond acceptors (Lipinski definition) is 4. The Bertz CT molecular complexity index is 703. The molecular weight excluding hydrogens is 349 g/mol. The van der Waals surface area contributed by atoms with Crippen molar-refractivity contribution < 1.29 is 14.6 Å². The smallest absolute Gasteiger partial charge is 0.135 e. The van der Waals surface area contributed by atoms with Crippen molar-refractivity contribution in [2.45, 2.75) is 31.4 Å². The van der Waals surface area contributed by atoms with Crippen molar-refractivity contribution in [1.29, 1.82) is 0 Å². The highest BCUT2D eigenvalue weighted by molar-refractivity contribution is 6.43. The molecule has 1 aliphatic rings. The van der Waals surface area contributed by atoms with Gasteiger partial charge in [0.2, 0.25) is 0 Å². The van der Waals surface area contributed by atoms with Crippen LogP contribution in [0, 0.1) is 0 Å². The van der Waals surface area contributed by atoms with E-state index in [4.69, 9.17) is 27.6 Å². The maximum atomic E-state index is 10.2. The lowest BCUT2D eigenvalue weighted by Gasteiger charge is -2.24. The van der Waals surface area contributed by atoms with Gasteiger partial charge < -0.3 is 14.6 Å². The minimum atomic E-state index is -0.947. The monoisotopic (exact) mass is 369 g/mol. The molecule has 1 saturated heterocycles. The van der Waals surface area contributed by atoms with Crippen molar-refractivity contribution >= 4 is 23.2 Å². The minimum absolute atomic E-state index is 0.182. The van der Waals surface area contributed by atoms with E-state index in [1.54, 1.807) is 6.07 Å². The van der Waals surface area contributed by atoms with Crippen LogP contribution in [-0.2, 0) is 6.54 Å². The first-order valence-electron chi connectivity index (χ1n) is 8.09. The van der Waals surface area contributed by atoms with Crippen molar-refractivity contribution in [3.63, 3.8) is 0 Å². The van der Waals surface area contributed by atoms with E-state index in [1.807, 2.05) is 24.3 Å². The normalized spacial score (nSPS) is 22.5. The van der Waals surface area contributed by atoms with Crippen LogP contribution >= 0.6 is 23.2 Å². The SMILES string of the molecule is OC[C@]1(O)CCCN(Cc2ccc(-c3cccc(Cl)c3Cl)o2)CC1. The molecule has 3 rings (SSSR count). The van der Waals surface area contributed by atoms with Crippen LogP contribution in [0.15, 0.2) is 34.7 Å². The second-order valence-corrected chi connectivity index (χ2v) is 7.16. The molecule has 0 saturated carbocycles. The Labute approximate surface area is 151 Å². The summed E-state index contributed by atoms with van der Waals surface area (Å²) in [5, 5.41) is 20.5. The number of rotatable bonds is 4. The van der Waals surface area contributed by atoms with Gasteiger partial charge in [0.1, 0.15) is 11.5 Å². The average molecular weight is 370 g/mol. The molecule has 1 aromatic heterocycles. The Morgan fingerprint density at radius 1 is 1.12 bits per heavy atom. The molecule has 2 aromatic rings. The van der Waals surface area contributed by atoms with Crippen molar-refractivity contribution in [2.75, 3.05) is 19.7 Å². The van der Waals surface area contributed by atoms with Gasteiger partial charge in [-0.25, -0.2) is 0 Å². The number of aliphatic hydroxyl groups excluding tert-OH is 1. The fourth-order valence-corrected chi connectivity index (χ4v) is 3.47. The maximum absolute atomic E-state index is 10.2. The second-order valence-electron chi connectivity index (χ2n) is 6.38. The van der Waals surface area contributed by atoms with E-state index in [2.05, 4.69) is 4.90 Å². The first-order chi connectivity index (χ1) is 11.5. The Balaban J connectivity index is 1.69. The molecule has 2 heterocycles. The molecule has 0 aliphatic carbocycles. The predicted octanol–water partition coefficient (Wildman–Crippen LogP) is 3.96. The molecule has 6 heteroatoms. The van der Waals surface area contributed by atoms with Gasteiger partial charge in [-0.2, -0.15) is 0 Å². The van der Waals surface area contributed by atoms with Crippen molar-refractivity contribution in [1.82, 2.24) is 4.90 Å². The molecule has 1 fully saturated rings. The van der Waals surface area contributed by atoms with Gasteiger partial charge in [0.25, 0.3) is 0 Å². The lowest BCUT2D eigenvalue weighted by molar-refractivity contribution is -0.0256. The summed E-state index contributed by atoms with van der Waals surface area (Å²) < 4.78 is 5.93. The highest BCUT2D eigenvalue weighted by Crippen LogP contribution is 2.34. The molecule has 0 amide bonds. The van der Waals surface area contributed by atoms with Gasteiger partial charge in [0.05, 0.1) is 28.8 Å². The van der Waals surface area contributed by atoms with Crippen LogP contribution in [0.3, 0.4) is 0 Å². The quantitative estimate of drug-likeness (QED) is 0.855. The first kappa shape index (κ1) is 17.8. The first-order valence-corrected chi connectivity index (χ1v) is 8.85. The van der Waals surface area contributed by atoms with Crippen LogP contribution in [0.5, 0.6) is 0 Å². The standard InChI is InChI=1S/C18H21Cl2NO3/c19-15-4-1-3-14(17(15)20)16-6-5-13(24-16)11-21-9-2-7-18(23,12-22)8-10-21/h1,3-6,22-23H,2,7-12H2/t18-/m0/s1. The predicted molar refractivity (Wildman–Crippen MR) is 95.3 cm³/mol. The Morgan fingerprint density at radius 3 is 2.75 bits per heavy atom. The van der Waals surface area contributed by atoms with Gasteiger partial charge in [-0.05, 0) is 50.1 Å². The number of aliphatic hydroxyl groups is 2. The van der Waals surface area contributed by atoms with Gasteiger partial charge >= 0.3 is 0 Å². The Kier molecular flexibility index (Phi) is 5.52. The number of likely N-dealkylation sites (tertiary alicyclic amines) is 1. The van der Waals surface area contributed by atoms with Crippen molar-refractivity contribution in [3.8, 4) is 11.3 Å². The summed E-state index contributed by atoms with van der Waals surface area (Å²) in [6.07, 6.45) is 2.05. The fourth-order valence-electron chi connectivity index (χ4n) is 3.07. The zero-order valence-corrected chi connectivity index (χ0v) is 14.9. The van der Waals surface area contributed by atoms with Crippen molar-refractivity contribution in [3.05, 3.63) is 46.1 Å². The van der Waals surface area contributed by atoms with Crippen LogP contribution in [-0.4, -0.2) is 40.4 Å². The van der Waals surface area contributed by atoms with E-state index in [9.17, 15) is 10.2 Å². The van der Waals surface area contributed by atoms with Crippen LogP contribution < -0.4 is 0 Å². The summed E-state index contributed by atoms with van der Waals surface area (Å²) in [5.41, 5.74) is -0.168. The van der Waals surface area contributed by atoms with Crippen molar-refractivity contribution in [2.24, 2.45) is 0 Å². The Morgan fingerprint density at radius 2 is 1.96 bits per heavy atom. The summed E-state index contributed by atoms with van der Waals surface area (Å²) in [5.74, 6) is 1.54. The molecular formula is C18H21Cl2NO3. The number of hydrogen-bond donors (Lipinski definition) is 2. The third-order valence-electron chi connectivity index (χ3n) is 4.56. The van der Waals surface area contributed by atoms with Gasteiger partial charge in [-0.15, -0.1) is 0 Å². The third-order valence-corrected chi connectivity index (χ3v) is 5.38. The number of nitrogens with zero attached hydrogens (tertiary/aromatic N) is 1. The third kappa shape index (κ3) is 3.95. The average Bonchev–Trinajstić information content (AvgIpc) is 2.95. The summed E-state index contributed by atoms with van der Waals surface area (Å²) in [4.78, 5) is 2.23. The molecule has 1 atom stereocenters. The molecule has 130 valence electrons. The molecule has 4 nitrogen and oxygen atoms in total. The number of halogens is 2. The fraction of sp³-hybridized carbons (Fsp3) is 0.444. The summed E-state index contributed by atoms with van der Waals surface area (Å²) >= 11 is 12.3. The van der Waals surface area contributed by atoms with Gasteiger partial charge in [0.15, 0.2) is 0 Å². The summed E-state index contributed by atoms with van der Waals surface area (Å²) in [6.45, 7) is 2.08. The molecule has 0 spiro atoms. The molecule has 1 aliphatic heterocycles. The van der Waals surface area contributed by atoms with Crippen LogP contribution in [0.4, 0.5) is 0 Å². The van der Waals surface area contributed by atoms with Crippen LogP contribution in [0.1, 0.15) is 25.0 Å². The largest absolute Gasteiger partial charge is 0.460 e. The van der Waals surface area contributed by atoms with Crippen LogP contribution in [0.2, 0.25) is 10.0 Å². The molecule has 0 unspecified atom stereocenters. The zero-order valence-electron chi connectivity index (χ0n) is 13.3. The second kappa shape index (κ2) is 7.46. The highest BCUT2D eigenvalue weighted by Gasteiger charge is 2.29. The minimum Gasteiger partial charge on any atom is -0.460 e. The highest BCUT2D eigenvalue weighted by atomic mass is 35.5. The zero-order chi connectivity index (χ0) is 17.2. The lowest BCUT2D eigenvalue weighted by Crippen LogP contribution is -2.34. The number of benzene rings is 1. The van der Waals surface area contributed by atoms with E-state index in [-0.39, 0.29) is 6.61 Å². The van der Waals surface area contributed by atoms with Gasteiger partial charge in [-0.1, -0.05) is 29.3 Å². The van der Waals surface area contributed by atoms with E-state index < -0.39 is 5.60 Å². The topological polar surface area (TPSA) is 56.8 Å². The van der Waals surface area contributed by atoms with E-state index in [0.29, 0.717) is 35.2 Å². The van der Waals surface area contributed by atoms with Crippen LogP contribution in [0.25, 0.3) is 11.3 Å². The molecule has 0 radical (unpaired) electrons. The Hall–Kier alpha value is -1.04. The molecule has 1 aromatic carbocycles. The summed E-state index contributed by atoms with van der Waals surface area (Å²) in [6, 6.07) is 9.31. The number of furan rings is 1. The van der Waals surface area contributed by atoms with Gasteiger partial charge in [0, 0.05) is 12.1 Å². The molecule has 2 N–H and O–H groups in total. The molecule has 24 heavy (non-hydrogen) atoms. The van der Waals surface area contributed by atoms with E-state index in [1.165, 1.54) is 0 Å². The van der Waals surface area contributed by atoms with E-state index in [0.717, 1.165) is 30.8 Å².